The van der Waals surface area contributed by atoms with Gasteiger partial charge >= 0.3 is 0 Å². The summed E-state index contributed by atoms with van der Waals surface area (Å²) in [6.07, 6.45) is 3.40. The molecule has 0 saturated heterocycles. The average molecular weight is 349 g/mol. The predicted octanol–water partition coefficient (Wildman–Crippen LogP) is 4.53. The number of benzene rings is 2. The molecule has 0 aromatic heterocycles. The Morgan fingerprint density at radius 2 is 1.65 bits per heavy atom. The van der Waals surface area contributed by atoms with Crippen molar-refractivity contribution in [1.29, 1.82) is 0 Å². The SMILES string of the molecule is CC(=O)/C(=C/c1ccc(C(C)C)cc1)C(=O)NCCCc1ccccc1. The van der Waals surface area contributed by atoms with Crippen LogP contribution in [-0.2, 0) is 16.0 Å². The van der Waals surface area contributed by atoms with Crippen molar-refractivity contribution in [3.63, 3.8) is 0 Å². The van der Waals surface area contributed by atoms with Gasteiger partial charge in [-0.25, -0.2) is 0 Å². The Balaban J connectivity index is 1.95. The van der Waals surface area contributed by atoms with Crippen molar-refractivity contribution in [1.82, 2.24) is 5.32 Å². The van der Waals surface area contributed by atoms with Crippen LogP contribution in [0.5, 0.6) is 0 Å². The van der Waals surface area contributed by atoms with Crippen molar-refractivity contribution < 1.29 is 9.59 Å². The Bertz CT molecular complexity index is 759. The summed E-state index contributed by atoms with van der Waals surface area (Å²) in [5.74, 6) is -0.0785. The summed E-state index contributed by atoms with van der Waals surface area (Å²) in [5, 5.41) is 2.86. The first-order valence-electron chi connectivity index (χ1n) is 9.12. The molecule has 2 aromatic rings. The van der Waals surface area contributed by atoms with Gasteiger partial charge in [-0.15, -0.1) is 0 Å². The fourth-order valence-corrected chi connectivity index (χ4v) is 2.71. The summed E-state index contributed by atoms with van der Waals surface area (Å²) in [6, 6.07) is 18.1. The summed E-state index contributed by atoms with van der Waals surface area (Å²) in [5.41, 5.74) is 3.53. The van der Waals surface area contributed by atoms with Gasteiger partial charge in [0.05, 0.1) is 5.57 Å². The molecule has 0 aliphatic carbocycles. The van der Waals surface area contributed by atoms with Crippen LogP contribution in [0.4, 0.5) is 0 Å². The summed E-state index contributed by atoms with van der Waals surface area (Å²) in [6.45, 7) is 6.24. The first kappa shape index (κ1) is 19.6. The van der Waals surface area contributed by atoms with Crippen LogP contribution in [0.25, 0.3) is 6.08 Å². The Morgan fingerprint density at radius 1 is 1.00 bits per heavy atom. The minimum absolute atomic E-state index is 0.196. The molecule has 0 radical (unpaired) electrons. The Kier molecular flexibility index (Phi) is 7.34. The van der Waals surface area contributed by atoms with Crippen molar-refractivity contribution in [3.8, 4) is 0 Å². The lowest BCUT2D eigenvalue weighted by Gasteiger charge is -2.08. The molecule has 2 aromatic carbocycles. The number of aryl methyl sites for hydroxylation is 1. The minimum atomic E-state index is -0.307. The highest BCUT2D eigenvalue weighted by Gasteiger charge is 2.14. The molecule has 1 amide bonds. The van der Waals surface area contributed by atoms with E-state index in [-0.39, 0.29) is 17.3 Å². The van der Waals surface area contributed by atoms with Crippen LogP contribution in [0.2, 0.25) is 0 Å². The number of amides is 1. The molecule has 1 N–H and O–H groups in total. The van der Waals surface area contributed by atoms with Crippen LogP contribution in [0.3, 0.4) is 0 Å². The highest BCUT2D eigenvalue weighted by atomic mass is 16.2. The molecule has 0 aliphatic heterocycles. The number of rotatable bonds is 8. The highest BCUT2D eigenvalue weighted by molar-refractivity contribution is 6.21. The monoisotopic (exact) mass is 349 g/mol. The zero-order valence-electron chi connectivity index (χ0n) is 15.8. The van der Waals surface area contributed by atoms with Gasteiger partial charge in [-0.3, -0.25) is 9.59 Å². The fourth-order valence-electron chi connectivity index (χ4n) is 2.71. The normalized spacial score (nSPS) is 11.5. The van der Waals surface area contributed by atoms with Gasteiger partial charge in [-0.05, 0) is 48.4 Å². The molecular formula is C23H27NO2. The minimum Gasteiger partial charge on any atom is -0.352 e. The molecule has 0 bridgehead atoms. The number of hydrogen-bond acceptors (Lipinski definition) is 2. The van der Waals surface area contributed by atoms with Crippen LogP contribution in [0, 0.1) is 0 Å². The molecule has 0 atom stereocenters. The summed E-state index contributed by atoms with van der Waals surface area (Å²) in [7, 11) is 0. The number of ketones is 1. The molecule has 0 saturated carbocycles. The molecule has 26 heavy (non-hydrogen) atoms. The smallest absolute Gasteiger partial charge is 0.254 e. The molecule has 3 nitrogen and oxygen atoms in total. The van der Waals surface area contributed by atoms with Gasteiger partial charge < -0.3 is 5.32 Å². The second-order valence-electron chi connectivity index (χ2n) is 6.78. The Morgan fingerprint density at radius 3 is 2.23 bits per heavy atom. The van der Waals surface area contributed by atoms with Gasteiger partial charge in [0, 0.05) is 6.54 Å². The van der Waals surface area contributed by atoms with E-state index in [2.05, 4.69) is 31.3 Å². The number of carbonyl (C=O) groups is 2. The third-order valence-corrected chi connectivity index (χ3v) is 4.31. The number of nitrogens with one attached hydrogen (secondary N) is 1. The second kappa shape index (κ2) is 9.71. The van der Waals surface area contributed by atoms with E-state index < -0.39 is 0 Å². The largest absolute Gasteiger partial charge is 0.352 e. The van der Waals surface area contributed by atoms with Crippen molar-refractivity contribution in [2.24, 2.45) is 0 Å². The number of hydrogen-bond donors (Lipinski definition) is 1. The van der Waals surface area contributed by atoms with E-state index >= 15 is 0 Å². The first-order chi connectivity index (χ1) is 12.5. The number of Topliss-reactive ketones (excluding diaryl/α,β-unsaturated/α-hetero) is 1. The standard InChI is InChI=1S/C23H27NO2/c1-17(2)21-13-11-20(12-14-21)16-22(18(3)25)23(26)24-15-7-10-19-8-5-4-6-9-19/h4-6,8-9,11-14,16-17H,7,10,15H2,1-3H3,(H,24,26)/b22-16-. The second-order valence-corrected chi connectivity index (χ2v) is 6.78. The van der Waals surface area contributed by atoms with E-state index in [1.165, 1.54) is 18.1 Å². The Hall–Kier alpha value is -2.68. The zero-order chi connectivity index (χ0) is 18.9. The van der Waals surface area contributed by atoms with Crippen molar-refractivity contribution >= 4 is 17.8 Å². The third-order valence-electron chi connectivity index (χ3n) is 4.31. The first-order valence-corrected chi connectivity index (χ1v) is 9.12. The van der Waals surface area contributed by atoms with Crippen molar-refractivity contribution in [3.05, 3.63) is 76.9 Å². The van der Waals surface area contributed by atoms with E-state index in [1.54, 1.807) is 6.08 Å². The molecule has 3 heteroatoms. The zero-order valence-corrected chi connectivity index (χ0v) is 15.8. The molecule has 0 aliphatic rings. The van der Waals surface area contributed by atoms with Gasteiger partial charge in [-0.2, -0.15) is 0 Å². The summed E-state index contributed by atoms with van der Waals surface area (Å²) < 4.78 is 0. The fraction of sp³-hybridized carbons (Fsp3) is 0.304. The average Bonchev–Trinajstić information content (AvgIpc) is 2.64. The maximum Gasteiger partial charge on any atom is 0.254 e. The Labute approximate surface area is 156 Å². The van der Waals surface area contributed by atoms with E-state index in [9.17, 15) is 9.59 Å². The third kappa shape index (κ3) is 5.99. The molecular weight excluding hydrogens is 322 g/mol. The lowest BCUT2D eigenvalue weighted by molar-refractivity contribution is -0.121. The lowest BCUT2D eigenvalue weighted by atomic mass is 10.0. The van der Waals surface area contributed by atoms with E-state index in [0.717, 1.165) is 18.4 Å². The predicted molar refractivity (Wildman–Crippen MR) is 107 cm³/mol. The molecule has 0 spiro atoms. The van der Waals surface area contributed by atoms with Crippen molar-refractivity contribution in [2.75, 3.05) is 6.54 Å². The van der Waals surface area contributed by atoms with E-state index in [4.69, 9.17) is 0 Å². The quantitative estimate of drug-likeness (QED) is 0.329. The van der Waals surface area contributed by atoms with Crippen LogP contribution in [0.1, 0.15) is 49.8 Å². The van der Waals surface area contributed by atoms with Gasteiger partial charge in [0.25, 0.3) is 5.91 Å². The van der Waals surface area contributed by atoms with E-state index in [0.29, 0.717) is 12.5 Å². The van der Waals surface area contributed by atoms with Gasteiger partial charge in [0.1, 0.15) is 0 Å². The van der Waals surface area contributed by atoms with Crippen molar-refractivity contribution in [2.45, 2.75) is 39.5 Å². The van der Waals surface area contributed by atoms with Gasteiger partial charge in [0.2, 0.25) is 0 Å². The van der Waals surface area contributed by atoms with Gasteiger partial charge in [-0.1, -0.05) is 68.4 Å². The molecule has 0 heterocycles. The molecule has 136 valence electrons. The maximum absolute atomic E-state index is 12.4. The summed E-state index contributed by atoms with van der Waals surface area (Å²) in [4.78, 5) is 24.3. The van der Waals surface area contributed by atoms with Crippen LogP contribution < -0.4 is 5.32 Å². The lowest BCUT2D eigenvalue weighted by Crippen LogP contribution is -2.28. The van der Waals surface area contributed by atoms with Crippen LogP contribution in [-0.4, -0.2) is 18.2 Å². The highest BCUT2D eigenvalue weighted by Crippen LogP contribution is 2.16. The summed E-state index contributed by atoms with van der Waals surface area (Å²) >= 11 is 0. The maximum atomic E-state index is 12.4. The van der Waals surface area contributed by atoms with Crippen LogP contribution in [0.15, 0.2) is 60.2 Å². The molecule has 2 rings (SSSR count). The molecule has 0 unspecified atom stereocenters. The van der Waals surface area contributed by atoms with Gasteiger partial charge in [0.15, 0.2) is 5.78 Å². The topological polar surface area (TPSA) is 46.2 Å². The van der Waals surface area contributed by atoms with Crippen LogP contribution >= 0.6 is 0 Å². The molecule has 0 fully saturated rings. The number of carbonyl (C=O) groups excluding carboxylic acids is 2. The van der Waals surface area contributed by atoms with E-state index in [1.807, 2.05) is 42.5 Å².